The van der Waals surface area contributed by atoms with Gasteiger partial charge in [-0.15, -0.1) is 0 Å². The minimum absolute atomic E-state index is 0.0376. The monoisotopic (exact) mass is 384 g/mol. The van der Waals surface area contributed by atoms with Gasteiger partial charge in [-0.1, -0.05) is 36.0 Å². The van der Waals surface area contributed by atoms with Crippen LogP contribution in [0, 0.1) is 11.8 Å². The summed E-state index contributed by atoms with van der Waals surface area (Å²) in [5.74, 6) is 0.942. The molecule has 1 aromatic carbocycles. The summed E-state index contributed by atoms with van der Waals surface area (Å²) in [4.78, 5) is 0. The molecule has 5 unspecified atom stereocenters. The molecule has 28 heavy (non-hydrogen) atoms. The van der Waals surface area contributed by atoms with Crippen LogP contribution in [-0.2, 0) is 11.2 Å². The van der Waals surface area contributed by atoms with Gasteiger partial charge in [0.05, 0.1) is 24.9 Å². The molecule has 1 saturated heterocycles. The lowest BCUT2D eigenvalue weighted by atomic mass is 9.91. The Labute approximate surface area is 165 Å². The average molecular weight is 384 g/mol. The molecule has 5 heteroatoms. The first-order valence-corrected chi connectivity index (χ1v) is 10.1. The number of phenols is 2. The first-order valence-electron chi connectivity index (χ1n) is 10.1. The van der Waals surface area contributed by atoms with Crippen LogP contribution in [0.15, 0.2) is 48.1 Å². The number of hydrogen-bond donors (Lipinski definition) is 4. The highest BCUT2D eigenvalue weighted by atomic mass is 16.5. The number of fused-ring (bicyclic) bond motifs is 1. The van der Waals surface area contributed by atoms with Crippen molar-refractivity contribution in [3.05, 3.63) is 59.2 Å². The lowest BCUT2D eigenvalue weighted by Crippen LogP contribution is -2.33. The number of phenolic OH excluding ortho intramolecular Hbond substituents is 2. The van der Waals surface area contributed by atoms with E-state index in [0.717, 1.165) is 24.8 Å². The Bertz CT molecular complexity index is 809. The molecule has 2 aliphatic carbocycles. The number of benzene rings is 1. The number of allylic oxidation sites excluding steroid dienone is 6. The molecule has 2 fully saturated rings. The van der Waals surface area contributed by atoms with Crippen molar-refractivity contribution >= 4 is 0 Å². The molecular formula is C23H28O5. The van der Waals surface area contributed by atoms with Crippen molar-refractivity contribution in [1.29, 1.82) is 0 Å². The van der Waals surface area contributed by atoms with Crippen molar-refractivity contribution in [2.24, 2.45) is 11.8 Å². The van der Waals surface area contributed by atoms with Crippen molar-refractivity contribution in [3.63, 3.8) is 0 Å². The molecule has 1 saturated carbocycles. The normalized spacial score (nSPS) is 32.1. The first kappa shape index (κ1) is 19.2. The summed E-state index contributed by atoms with van der Waals surface area (Å²) >= 11 is 0. The molecule has 0 amide bonds. The zero-order valence-electron chi connectivity index (χ0n) is 15.9. The predicted octanol–water partition coefficient (Wildman–Crippen LogP) is 3.29. The largest absolute Gasteiger partial charge is 0.508 e. The van der Waals surface area contributed by atoms with Gasteiger partial charge in [0.25, 0.3) is 0 Å². The Morgan fingerprint density at radius 3 is 2.68 bits per heavy atom. The van der Waals surface area contributed by atoms with Crippen molar-refractivity contribution in [3.8, 4) is 11.5 Å². The van der Waals surface area contributed by atoms with Crippen molar-refractivity contribution in [2.45, 2.75) is 50.4 Å². The first-order chi connectivity index (χ1) is 13.5. The van der Waals surface area contributed by atoms with Crippen LogP contribution in [0.5, 0.6) is 11.5 Å². The van der Waals surface area contributed by atoms with Crippen molar-refractivity contribution < 1.29 is 25.2 Å². The van der Waals surface area contributed by atoms with Crippen LogP contribution in [0.4, 0.5) is 0 Å². The van der Waals surface area contributed by atoms with E-state index in [1.807, 2.05) is 0 Å². The molecule has 0 radical (unpaired) electrons. The lowest BCUT2D eigenvalue weighted by molar-refractivity contribution is -0.114. The van der Waals surface area contributed by atoms with Gasteiger partial charge in [-0.05, 0) is 42.7 Å². The summed E-state index contributed by atoms with van der Waals surface area (Å²) < 4.78 is 5.85. The van der Waals surface area contributed by atoms with Gasteiger partial charge in [-0.3, -0.25) is 0 Å². The fourth-order valence-corrected chi connectivity index (χ4v) is 4.75. The molecule has 0 aromatic heterocycles. The highest BCUT2D eigenvalue weighted by Crippen LogP contribution is 2.43. The zero-order chi connectivity index (χ0) is 19.7. The molecule has 4 rings (SSSR count). The third-order valence-electron chi connectivity index (χ3n) is 6.13. The van der Waals surface area contributed by atoms with Gasteiger partial charge in [0.1, 0.15) is 11.5 Å². The van der Waals surface area contributed by atoms with E-state index in [0.29, 0.717) is 30.2 Å². The summed E-state index contributed by atoms with van der Waals surface area (Å²) in [7, 11) is 0. The quantitative estimate of drug-likeness (QED) is 0.640. The van der Waals surface area contributed by atoms with E-state index in [2.05, 4.69) is 30.4 Å². The van der Waals surface area contributed by atoms with Gasteiger partial charge in [0, 0.05) is 24.5 Å². The Morgan fingerprint density at radius 2 is 1.86 bits per heavy atom. The summed E-state index contributed by atoms with van der Waals surface area (Å²) in [5, 5.41) is 40.2. The van der Waals surface area contributed by atoms with Gasteiger partial charge >= 0.3 is 0 Å². The molecule has 0 spiro atoms. The Morgan fingerprint density at radius 1 is 1.00 bits per heavy atom. The molecule has 1 aromatic rings. The molecule has 5 nitrogen and oxygen atoms in total. The summed E-state index contributed by atoms with van der Waals surface area (Å²) in [6.07, 6.45) is 12.7. The van der Waals surface area contributed by atoms with E-state index >= 15 is 0 Å². The molecule has 0 bridgehead atoms. The molecule has 3 aliphatic rings. The van der Waals surface area contributed by atoms with Gasteiger partial charge in [0.2, 0.25) is 0 Å². The van der Waals surface area contributed by atoms with Gasteiger partial charge < -0.3 is 25.2 Å². The molecule has 150 valence electrons. The molecule has 4 N–H and O–H groups in total. The maximum Gasteiger partial charge on any atom is 0.125 e. The number of aromatic hydroxyl groups is 2. The Hall–Kier alpha value is -2.08. The highest BCUT2D eigenvalue weighted by molar-refractivity contribution is 5.47. The van der Waals surface area contributed by atoms with Crippen LogP contribution in [0.3, 0.4) is 0 Å². The highest BCUT2D eigenvalue weighted by Gasteiger charge is 2.32. The summed E-state index contributed by atoms with van der Waals surface area (Å²) in [5.41, 5.74) is 2.79. The van der Waals surface area contributed by atoms with Crippen LogP contribution < -0.4 is 0 Å². The average Bonchev–Trinajstić information content (AvgIpc) is 2.91. The van der Waals surface area contributed by atoms with Crippen molar-refractivity contribution in [2.75, 3.05) is 6.61 Å². The van der Waals surface area contributed by atoms with Gasteiger partial charge in [-0.2, -0.15) is 0 Å². The van der Waals surface area contributed by atoms with Crippen molar-refractivity contribution in [1.82, 2.24) is 0 Å². The minimum Gasteiger partial charge on any atom is -0.508 e. The predicted molar refractivity (Wildman–Crippen MR) is 106 cm³/mol. The van der Waals surface area contributed by atoms with Crippen LogP contribution in [-0.4, -0.2) is 39.2 Å². The van der Waals surface area contributed by atoms with Crippen LogP contribution >= 0.6 is 0 Å². The third kappa shape index (κ3) is 4.02. The summed E-state index contributed by atoms with van der Waals surface area (Å²) in [6.45, 7) is -0.167. The van der Waals surface area contributed by atoms with E-state index in [4.69, 9.17) is 4.74 Å². The smallest absolute Gasteiger partial charge is 0.125 e. The number of aliphatic hydroxyl groups excluding tert-OH is 2. The fraction of sp³-hybridized carbons (Fsp3) is 0.478. The Balaban J connectivity index is 1.54. The maximum absolute atomic E-state index is 10.4. The lowest BCUT2D eigenvalue weighted by Gasteiger charge is -2.33. The SMILES string of the molecule is OCC1CC(O)CC(c2cc(CC3CC4=CC=CC=CC4C3)c(O)cc2O)O1. The van der Waals surface area contributed by atoms with Crippen LogP contribution in [0.2, 0.25) is 0 Å². The second kappa shape index (κ2) is 8.11. The number of rotatable bonds is 4. The van der Waals surface area contributed by atoms with Crippen LogP contribution in [0.25, 0.3) is 0 Å². The topological polar surface area (TPSA) is 90.2 Å². The second-order valence-electron chi connectivity index (χ2n) is 8.22. The molecule has 1 heterocycles. The molecule has 5 atom stereocenters. The Kier molecular flexibility index (Phi) is 5.58. The summed E-state index contributed by atoms with van der Waals surface area (Å²) in [6, 6.07) is 3.18. The van der Waals surface area contributed by atoms with E-state index in [-0.39, 0.29) is 18.1 Å². The van der Waals surface area contributed by atoms with Gasteiger partial charge in [0.15, 0.2) is 0 Å². The maximum atomic E-state index is 10.4. The third-order valence-corrected chi connectivity index (χ3v) is 6.13. The van der Waals surface area contributed by atoms with Gasteiger partial charge in [-0.25, -0.2) is 0 Å². The number of aliphatic hydroxyl groups is 2. The zero-order valence-corrected chi connectivity index (χ0v) is 15.9. The van der Waals surface area contributed by atoms with E-state index in [9.17, 15) is 20.4 Å². The standard InChI is InChI=1S/C23H28O5/c24-13-19-10-18(25)11-23(28-19)20-9-17(21(26)12-22(20)27)8-14-6-15-4-2-1-3-5-16(15)7-14/h1-5,9,12,14-15,18-19,23-27H,6-8,10-11,13H2. The van der Waals surface area contributed by atoms with E-state index in [1.165, 1.54) is 11.6 Å². The second-order valence-corrected chi connectivity index (χ2v) is 8.22. The molecular weight excluding hydrogens is 356 g/mol. The van der Waals surface area contributed by atoms with E-state index < -0.39 is 18.3 Å². The fourth-order valence-electron chi connectivity index (χ4n) is 4.75. The molecule has 1 aliphatic heterocycles. The number of ether oxygens (including phenoxy) is 1. The van der Waals surface area contributed by atoms with Crippen LogP contribution in [0.1, 0.15) is 42.9 Å². The number of hydrogen-bond acceptors (Lipinski definition) is 5. The minimum atomic E-state index is -0.582. The van der Waals surface area contributed by atoms with E-state index in [1.54, 1.807) is 6.07 Å².